The van der Waals surface area contributed by atoms with E-state index in [1.807, 2.05) is 31.2 Å². The van der Waals surface area contributed by atoms with Gasteiger partial charge >= 0.3 is 0 Å². The number of benzene rings is 1. The predicted molar refractivity (Wildman–Crippen MR) is 106 cm³/mol. The van der Waals surface area contributed by atoms with Crippen molar-refractivity contribution >= 4 is 34.2 Å². The molecular formula is C19H26N4OS. The Morgan fingerprint density at radius 1 is 1.24 bits per heavy atom. The van der Waals surface area contributed by atoms with Crippen molar-refractivity contribution in [3.63, 3.8) is 0 Å². The van der Waals surface area contributed by atoms with E-state index in [4.69, 9.17) is 4.99 Å². The highest BCUT2D eigenvalue weighted by Crippen LogP contribution is 2.28. The average molecular weight is 359 g/mol. The molecule has 3 N–H and O–H groups in total. The van der Waals surface area contributed by atoms with Crippen LogP contribution in [0.3, 0.4) is 0 Å². The molecular weight excluding hydrogens is 332 g/mol. The van der Waals surface area contributed by atoms with Gasteiger partial charge in [0.25, 0.3) is 0 Å². The summed E-state index contributed by atoms with van der Waals surface area (Å²) in [6, 6.07) is 8.27. The molecule has 134 valence electrons. The molecule has 25 heavy (non-hydrogen) atoms. The van der Waals surface area contributed by atoms with Gasteiger partial charge in [0.05, 0.1) is 11.7 Å². The zero-order valence-corrected chi connectivity index (χ0v) is 15.7. The molecule has 0 unspecified atom stereocenters. The number of anilines is 1. The number of nitrogens with one attached hydrogen (secondary N) is 3. The molecule has 0 saturated heterocycles. The zero-order valence-electron chi connectivity index (χ0n) is 14.8. The van der Waals surface area contributed by atoms with Gasteiger partial charge in [-0.05, 0) is 30.9 Å². The van der Waals surface area contributed by atoms with E-state index in [1.54, 1.807) is 11.8 Å². The second kappa shape index (κ2) is 8.43. The summed E-state index contributed by atoms with van der Waals surface area (Å²) in [5.41, 5.74) is 9.35. The largest absolute Gasteiger partial charge is 0.326 e. The minimum Gasteiger partial charge on any atom is -0.326 e. The number of hydrogen-bond donors (Lipinski definition) is 3. The number of hydrogen-bond acceptors (Lipinski definition) is 4. The van der Waals surface area contributed by atoms with Gasteiger partial charge < -0.3 is 5.32 Å². The highest BCUT2D eigenvalue weighted by Gasteiger charge is 2.22. The molecule has 1 aromatic carbocycles. The van der Waals surface area contributed by atoms with Crippen LogP contribution >= 0.6 is 11.8 Å². The van der Waals surface area contributed by atoms with Gasteiger partial charge in [-0.3, -0.25) is 20.6 Å². The summed E-state index contributed by atoms with van der Waals surface area (Å²) >= 11 is 1.62. The average Bonchev–Trinajstić information content (AvgIpc) is 2.65. The summed E-state index contributed by atoms with van der Waals surface area (Å²) in [7, 11) is 0. The zero-order chi connectivity index (χ0) is 17.6. The van der Waals surface area contributed by atoms with E-state index >= 15 is 0 Å². The van der Waals surface area contributed by atoms with Crippen LogP contribution in [0.5, 0.6) is 0 Å². The highest BCUT2D eigenvalue weighted by atomic mass is 32.2. The number of thioether (sulfide) groups is 1. The minimum atomic E-state index is 0.0257. The SMILES string of the molecule is CCC(=O)Nc1ccc(C2=CSC(=N[C@H]3CCCC[C@@H]3C)NN2)cc1. The van der Waals surface area contributed by atoms with E-state index in [2.05, 4.69) is 28.5 Å². The summed E-state index contributed by atoms with van der Waals surface area (Å²) in [6.07, 6.45) is 5.57. The number of hydrazine groups is 1. The molecule has 0 bridgehead atoms. The molecule has 6 heteroatoms. The first kappa shape index (κ1) is 17.9. The normalized spacial score (nSPS) is 24.9. The monoisotopic (exact) mass is 358 g/mol. The van der Waals surface area contributed by atoms with Crippen LogP contribution in [0.15, 0.2) is 34.7 Å². The van der Waals surface area contributed by atoms with Gasteiger partial charge in [-0.15, -0.1) is 0 Å². The summed E-state index contributed by atoms with van der Waals surface area (Å²) in [5, 5.41) is 5.88. The first-order chi connectivity index (χ1) is 12.2. The van der Waals surface area contributed by atoms with Crippen molar-refractivity contribution < 1.29 is 4.79 Å². The Kier molecular flexibility index (Phi) is 6.02. The quantitative estimate of drug-likeness (QED) is 0.758. The van der Waals surface area contributed by atoms with Crippen LogP contribution in [-0.4, -0.2) is 17.1 Å². The van der Waals surface area contributed by atoms with Crippen LogP contribution in [0.4, 0.5) is 5.69 Å². The fourth-order valence-electron chi connectivity index (χ4n) is 3.12. The first-order valence-corrected chi connectivity index (χ1v) is 9.90. The topological polar surface area (TPSA) is 65.5 Å². The Balaban J connectivity index is 1.61. The maximum absolute atomic E-state index is 11.4. The van der Waals surface area contributed by atoms with Gasteiger partial charge in [0.2, 0.25) is 5.91 Å². The number of carbonyl (C=O) groups excluding carboxylic acids is 1. The third kappa shape index (κ3) is 4.78. The fraction of sp³-hybridized carbons (Fsp3) is 0.474. The molecule has 0 radical (unpaired) electrons. The standard InChI is InChI=1S/C19H26N4OS/c1-3-18(24)20-15-10-8-14(9-11-15)17-12-25-19(23-22-17)21-16-7-5-4-6-13(16)2/h8-13,16,22H,3-7H2,1-2H3,(H,20,24)(H,21,23)/t13-,16-/m0/s1. The van der Waals surface area contributed by atoms with Gasteiger partial charge in [-0.1, -0.05) is 50.6 Å². The Hall–Kier alpha value is -1.95. The first-order valence-electron chi connectivity index (χ1n) is 9.02. The van der Waals surface area contributed by atoms with Gasteiger partial charge in [0, 0.05) is 23.1 Å². The number of aliphatic imine (C=N–C) groups is 1. The molecule has 2 atom stereocenters. The van der Waals surface area contributed by atoms with E-state index in [0.717, 1.165) is 22.1 Å². The highest BCUT2D eigenvalue weighted by molar-refractivity contribution is 8.16. The van der Waals surface area contributed by atoms with Gasteiger partial charge in [0.1, 0.15) is 0 Å². The number of rotatable bonds is 4. The lowest BCUT2D eigenvalue weighted by Gasteiger charge is -2.27. The molecule has 1 aromatic rings. The number of carbonyl (C=O) groups is 1. The van der Waals surface area contributed by atoms with Crippen LogP contribution in [0, 0.1) is 5.92 Å². The van der Waals surface area contributed by atoms with Crippen molar-refractivity contribution in [1.29, 1.82) is 0 Å². The fourth-order valence-corrected chi connectivity index (χ4v) is 3.85. The lowest BCUT2D eigenvalue weighted by molar-refractivity contribution is -0.115. The third-order valence-electron chi connectivity index (χ3n) is 4.74. The van der Waals surface area contributed by atoms with Crippen molar-refractivity contribution in [1.82, 2.24) is 10.9 Å². The van der Waals surface area contributed by atoms with Crippen LogP contribution in [-0.2, 0) is 4.79 Å². The molecule has 3 rings (SSSR count). The third-order valence-corrected chi connectivity index (χ3v) is 5.53. The maximum Gasteiger partial charge on any atom is 0.224 e. The lowest BCUT2D eigenvalue weighted by Crippen LogP contribution is -2.38. The second-order valence-electron chi connectivity index (χ2n) is 6.64. The molecule has 1 fully saturated rings. The molecule has 1 aliphatic carbocycles. The summed E-state index contributed by atoms with van der Waals surface area (Å²) in [6.45, 7) is 4.14. The van der Waals surface area contributed by atoms with Crippen molar-refractivity contribution in [2.24, 2.45) is 10.9 Å². The predicted octanol–water partition coefficient (Wildman–Crippen LogP) is 4.11. The van der Waals surface area contributed by atoms with Gasteiger partial charge in [0.15, 0.2) is 5.17 Å². The van der Waals surface area contributed by atoms with Crippen molar-refractivity contribution in [3.05, 3.63) is 35.2 Å². The van der Waals surface area contributed by atoms with Crippen molar-refractivity contribution in [2.75, 3.05) is 5.32 Å². The maximum atomic E-state index is 11.4. The second-order valence-corrected chi connectivity index (χ2v) is 7.50. The summed E-state index contributed by atoms with van der Waals surface area (Å²) in [5.74, 6) is 0.692. The molecule has 1 heterocycles. The van der Waals surface area contributed by atoms with Crippen molar-refractivity contribution in [3.8, 4) is 0 Å². The summed E-state index contributed by atoms with van der Waals surface area (Å²) < 4.78 is 0. The van der Waals surface area contributed by atoms with E-state index in [-0.39, 0.29) is 5.91 Å². The Morgan fingerprint density at radius 2 is 2.00 bits per heavy atom. The van der Waals surface area contributed by atoms with E-state index in [1.165, 1.54) is 25.7 Å². The van der Waals surface area contributed by atoms with Crippen LogP contribution in [0.25, 0.3) is 5.70 Å². The lowest BCUT2D eigenvalue weighted by atomic mass is 9.86. The van der Waals surface area contributed by atoms with E-state index in [9.17, 15) is 4.79 Å². The van der Waals surface area contributed by atoms with E-state index < -0.39 is 0 Å². The number of amidine groups is 1. The molecule has 1 aliphatic heterocycles. The minimum absolute atomic E-state index is 0.0257. The van der Waals surface area contributed by atoms with Gasteiger partial charge in [-0.25, -0.2) is 0 Å². The number of nitrogens with zero attached hydrogens (tertiary/aromatic N) is 1. The van der Waals surface area contributed by atoms with Crippen LogP contribution in [0.2, 0.25) is 0 Å². The van der Waals surface area contributed by atoms with Gasteiger partial charge in [-0.2, -0.15) is 0 Å². The molecule has 1 amide bonds. The Bertz CT molecular complexity index is 669. The molecule has 5 nitrogen and oxygen atoms in total. The number of amides is 1. The van der Waals surface area contributed by atoms with Crippen molar-refractivity contribution in [2.45, 2.75) is 52.0 Å². The Labute approximate surface area is 153 Å². The van der Waals surface area contributed by atoms with Crippen LogP contribution < -0.4 is 16.2 Å². The summed E-state index contributed by atoms with van der Waals surface area (Å²) in [4.78, 5) is 16.3. The molecule has 0 aromatic heterocycles. The van der Waals surface area contributed by atoms with E-state index in [0.29, 0.717) is 18.4 Å². The smallest absolute Gasteiger partial charge is 0.224 e. The Morgan fingerprint density at radius 3 is 2.64 bits per heavy atom. The van der Waals surface area contributed by atoms with Crippen LogP contribution in [0.1, 0.15) is 51.5 Å². The molecule has 0 spiro atoms. The molecule has 2 aliphatic rings. The molecule has 1 saturated carbocycles.